The summed E-state index contributed by atoms with van der Waals surface area (Å²) in [7, 11) is 1.79. The number of rotatable bonds is 3. The van der Waals surface area contributed by atoms with E-state index in [-0.39, 0.29) is 0 Å². The molecule has 14 heavy (non-hydrogen) atoms. The van der Waals surface area contributed by atoms with Gasteiger partial charge in [0.2, 0.25) is 0 Å². The molecule has 2 rings (SSSR count). The van der Waals surface area contributed by atoms with Crippen LogP contribution in [-0.4, -0.2) is 24.0 Å². The van der Waals surface area contributed by atoms with Crippen LogP contribution in [0.2, 0.25) is 0 Å². The van der Waals surface area contributed by atoms with Crippen molar-refractivity contribution in [2.75, 3.05) is 7.05 Å². The normalized spacial score (nSPS) is 16.8. The molecule has 0 radical (unpaired) electrons. The molecule has 1 aliphatic rings. The van der Waals surface area contributed by atoms with E-state index in [4.69, 9.17) is 0 Å². The number of thiazole rings is 1. The van der Waals surface area contributed by atoms with Gasteiger partial charge in [-0.2, -0.15) is 0 Å². The van der Waals surface area contributed by atoms with Gasteiger partial charge in [-0.25, -0.2) is 4.98 Å². The Morgan fingerprint density at radius 1 is 1.71 bits per heavy atom. The first-order valence-electron chi connectivity index (χ1n) is 4.74. The Bertz CT molecular complexity index is 303. The minimum absolute atomic E-state index is 0.637. The lowest BCUT2D eigenvalue weighted by Crippen LogP contribution is -2.37. The molecule has 0 unspecified atom stereocenters. The van der Waals surface area contributed by atoms with E-state index in [9.17, 15) is 0 Å². The van der Waals surface area contributed by atoms with Gasteiger partial charge in [0.25, 0.3) is 0 Å². The summed E-state index contributed by atoms with van der Waals surface area (Å²) in [6.07, 6.45) is 4.34. The Labute approximate surface area is 87.5 Å². The number of guanidine groups is 1. The second kappa shape index (κ2) is 4.41. The number of aliphatic imine (C=N–C) groups is 1. The lowest BCUT2D eigenvalue weighted by molar-refractivity contribution is 0.801. The van der Waals surface area contributed by atoms with Gasteiger partial charge >= 0.3 is 0 Å². The SMILES string of the molecule is CN=C(NCc1nccs1)NC1CC1. The first kappa shape index (κ1) is 9.45. The molecule has 2 N–H and O–H groups in total. The molecule has 0 aromatic carbocycles. The van der Waals surface area contributed by atoms with Gasteiger partial charge in [-0.05, 0) is 12.8 Å². The van der Waals surface area contributed by atoms with Crippen LogP contribution in [-0.2, 0) is 6.54 Å². The van der Waals surface area contributed by atoms with Crippen molar-refractivity contribution >= 4 is 17.3 Å². The molecule has 1 saturated carbocycles. The summed E-state index contributed by atoms with van der Waals surface area (Å²) in [4.78, 5) is 8.33. The van der Waals surface area contributed by atoms with Crippen LogP contribution in [0.4, 0.5) is 0 Å². The van der Waals surface area contributed by atoms with Gasteiger partial charge in [0.1, 0.15) is 5.01 Å². The van der Waals surface area contributed by atoms with Gasteiger partial charge in [0.15, 0.2) is 5.96 Å². The highest BCUT2D eigenvalue weighted by Crippen LogP contribution is 2.18. The highest BCUT2D eigenvalue weighted by Gasteiger charge is 2.21. The zero-order valence-electron chi connectivity index (χ0n) is 8.16. The fourth-order valence-electron chi connectivity index (χ4n) is 1.12. The zero-order chi connectivity index (χ0) is 9.80. The predicted octanol–water partition coefficient (Wildman–Crippen LogP) is 0.970. The average molecular weight is 210 g/mol. The van der Waals surface area contributed by atoms with Gasteiger partial charge in [-0.3, -0.25) is 4.99 Å². The van der Waals surface area contributed by atoms with Crippen LogP contribution in [0.3, 0.4) is 0 Å². The maximum atomic E-state index is 4.19. The van der Waals surface area contributed by atoms with E-state index in [1.807, 2.05) is 11.6 Å². The fourth-order valence-corrected chi connectivity index (χ4v) is 1.67. The Morgan fingerprint density at radius 3 is 3.14 bits per heavy atom. The third-order valence-corrected chi connectivity index (χ3v) is 2.81. The van der Waals surface area contributed by atoms with E-state index in [1.165, 1.54) is 12.8 Å². The fraction of sp³-hybridized carbons (Fsp3) is 0.556. The van der Waals surface area contributed by atoms with Crippen LogP contribution < -0.4 is 10.6 Å². The van der Waals surface area contributed by atoms with Crippen molar-refractivity contribution in [3.8, 4) is 0 Å². The Hall–Kier alpha value is -1.10. The standard InChI is InChI=1S/C9H14N4S/c1-10-9(13-7-2-3-7)12-6-8-11-4-5-14-8/h4-5,7H,2-3,6H2,1H3,(H2,10,12,13). The second-order valence-corrected chi connectivity index (χ2v) is 4.25. The first-order valence-corrected chi connectivity index (χ1v) is 5.62. The maximum absolute atomic E-state index is 4.19. The topological polar surface area (TPSA) is 49.3 Å². The molecule has 1 aromatic heterocycles. The van der Waals surface area contributed by atoms with Gasteiger partial charge in [0.05, 0.1) is 6.54 Å². The molecule has 0 amide bonds. The molecule has 4 nitrogen and oxygen atoms in total. The third kappa shape index (κ3) is 2.70. The summed E-state index contributed by atoms with van der Waals surface area (Å²) in [6, 6.07) is 0.637. The number of hydrogen-bond donors (Lipinski definition) is 2. The van der Waals surface area contributed by atoms with E-state index < -0.39 is 0 Å². The molecule has 76 valence electrons. The minimum Gasteiger partial charge on any atom is -0.354 e. The van der Waals surface area contributed by atoms with Crippen molar-refractivity contribution < 1.29 is 0 Å². The Kier molecular flexibility index (Phi) is 2.98. The molecule has 0 spiro atoms. The van der Waals surface area contributed by atoms with Crippen molar-refractivity contribution in [3.63, 3.8) is 0 Å². The van der Waals surface area contributed by atoms with Crippen LogP contribution in [0, 0.1) is 0 Å². The summed E-state index contributed by atoms with van der Waals surface area (Å²) in [6.45, 7) is 0.754. The quantitative estimate of drug-likeness (QED) is 0.577. The molecule has 0 saturated heterocycles. The van der Waals surface area contributed by atoms with Gasteiger partial charge < -0.3 is 10.6 Å². The largest absolute Gasteiger partial charge is 0.354 e. The van der Waals surface area contributed by atoms with Gasteiger partial charge in [0, 0.05) is 24.7 Å². The Balaban J connectivity index is 1.77. The molecule has 1 heterocycles. The lowest BCUT2D eigenvalue weighted by atomic mass is 10.6. The molecule has 0 atom stereocenters. The molecular formula is C9H14N4S. The highest BCUT2D eigenvalue weighted by molar-refractivity contribution is 7.09. The summed E-state index contributed by atoms with van der Waals surface area (Å²) < 4.78 is 0. The molecular weight excluding hydrogens is 196 g/mol. The van der Waals surface area contributed by atoms with Gasteiger partial charge in [-0.1, -0.05) is 0 Å². The van der Waals surface area contributed by atoms with Crippen molar-refractivity contribution in [1.82, 2.24) is 15.6 Å². The van der Waals surface area contributed by atoms with Crippen LogP contribution in [0.5, 0.6) is 0 Å². The number of nitrogens with one attached hydrogen (secondary N) is 2. The van der Waals surface area contributed by atoms with E-state index in [0.29, 0.717) is 6.04 Å². The molecule has 1 aromatic rings. The van der Waals surface area contributed by atoms with Gasteiger partial charge in [-0.15, -0.1) is 11.3 Å². The van der Waals surface area contributed by atoms with Crippen LogP contribution in [0.1, 0.15) is 17.8 Å². The van der Waals surface area contributed by atoms with E-state index in [2.05, 4.69) is 20.6 Å². The summed E-state index contributed by atoms with van der Waals surface area (Å²) in [5.41, 5.74) is 0. The maximum Gasteiger partial charge on any atom is 0.191 e. The van der Waals surface area contributed by atoms with E-state index >= 15 is 0 Å². The summed E-state index contributed by atoms with van der Waals surface area (Å²) in [5, 5.41) is 9.62. The van der Waals surface area contributed by atoms with Crippen molar-refractivity contribution in [2.45, 2.75) is 25.4 Å². The van der Waals surface area contributed by atoms with Crippen LogP contribution in [0.25, 0.3) is 0 Å². The summed E-state index contributed by atoms with van der Waals surface area (Å²) >= 11 is 1.65. The monoisotopic (exact) mass is 210 g/mol. The summed E-state index contributed by atoms with van der Waals surface area (Å²) in [5.74, 6) is 0.877. The highest BCUT2D eigenvalue weighted by atomic mass is 32.1. The third-order valence-electron chi connectivity index (χ3n) is 2.03. The van der Waals surface area contributed by atoms with Crippen LogP contribution >= 0.6 is 11.3 Å². The number of hydrogen-bond acceptors (Lipinski definition) is 3. The van der Waals surface area contributed by atoms with E-state index in [1.54, 1.807) is 18.4 Å². The molecule has 1 aliphatic carbocycles. The average Bonchev–Trinajstić information content (AvgIpc) is 2.86. The second-order valence-electron chi connectivity index (χ2n) is 3.27. The molecule has 5 heteroatoms. The predicted molar refractivity (Wildman–Crippen MR) is 58.5 cm³/mol. The minimum atomic E-state index is 0.637. The van der Waals surface area contributed by atoms with Crippen molar-refractivity contribution in [2.24, 2.45) is 4.99 Å². The number of aromatic nitrogens is 1. The van der Waals surface area contributed by atoms with Crippen molar-refractivity contribution in [3.05, 3.63) is 16.6 Å². The molecule has 0 aliphatic heterocycles. The molecule has 1 fully saturated rings. The number of nitrogens with zero attached hydrogens (tertiary/aromatic N) is 2. The van der Waals surface area contributed by atoms with Crippen molar-refractivity contribution in [1.29, 1.82) is 0 Å². The smallest absolute Gasteiger partial charge is 0.191 e. The first-order chi connectivity index (χ1) is 6.88. The van der Waals surface area contributed by atoms with Crippen LogP contribution in [0.15, 0.2) is 16.6 Å². The zero-order valence-corrected chi connectivity index (χ0v) is 8.97. The Morgan fingerprint density at radius 2 is 2.57 bits per heavy atom. The lowest BCUT2D eigenvalue weighted by Gasteiger charge is -2.09. The van der Waals surface area contributed by atoms with E-state index in [0.717, 1.165) is 17.5 Å². The molecule has 0 bridgehead atoms.